The van der Waals surface area contributed by atoms with Crippen molar-refractivity contribution in [3.63, 3.8) is 0 Å². The van der Waals surface area contributed by atoms with Crippen molar-refractivity contribution < 1.29 is 39.3 Å². The summed E-state index contributed by atoms with van der Waals surface area (Å²) < 4.78 is 0. The van der Waals surface area contributed by atoms with E-state index in [1.807, 2.05) is 0 Å². The molecule has 0 aliphatic rings. The molecule has 2 N–H and O–H groups in total. The van der Waals surface area contributed by atoms with Gasteiger partial charge in [0.1, 0.15) is 0 Å². The Labute approximate surface area is 51.9 Å². The second-order valence-corrected chi connectivity index (χ2v) is 0.610. The Morgan fingerprint density at radius 1 is 1.00 bits per heavy atom. The summed E-state index contributed by atoms with van der Waals surface area (Å²) in [6.07, 6.45) is 0. The van der Waals surface area contributed by atoms with E-state index < -0.39 is 11.9 Å². The largest absolute Gasteiger partial charge is 0.473 e. The standard InChI is InChI=1S/C2H2O4.Ru/c3-1(4)2(5)6;/h(H,3,4)(H,5,6);. The molecule has 4 nitrogen and oxygen atoms in total. The summed E-state index contributed by atoms with van der Waals surface area (Å²) in [5.41, 5.74) is 0. The van der Waals surface area contributed by atoms with E-state index in [-0.39, 0.29) is 19.5 Å². The van der Waals surface area contributed by atoms with Gasteiger partial charge in [0, 0.05) is 19.5 Å². The van der Waals surface area contributed by atoms with Crippen LogP contribution in [0.4, 0.5) is 0 Å². The van der Waals surface area contributed by atoms with E-state index in [0.717, 1.165) is 0 Å². The number of aliphatic carboxylic acids is 2. The van der Waals surface area contributed by atoms with Gasteiger partial charge in [-0.2, -0.15) is 0 Å². The maximum atomic E-state index is 9.10. The van der Waals surface area contributed by atoms with Crippen LogP contribution in [0.5, 0.6) is 0 Å². The Kier molecular flexibility index (Phi) is 5.22. The average Bonchev–Trinajstić information content (AvgIpc) is 1.36. The molecule has 0 atom stereocenters. The van der Waals surface area contributed by atoms with Gasteiger partial charge in [0.15, 0.2) is 0 Å². The molecule has 0 fully saturated rings. The van der Waals surface area contributed by atoms with Gasteiger partial charge < -0.3 is 10.2 Å². The first-order valence-corrected chi connectivity index (χ1v) is 1.11. The number of carboxylic acids is 2. The van der Waals surface area contributed by atoms with E-state index in [1.165, 1.54) is 0 Å². The summed E-state index contributed by atoms with van der Waals surface area (Å²) in [5, 5.41) is 14.8. The second-order valence-electron chi connectivity index (χ2n) is 0.610. The van der Waals surface area contributed by atoms with Gasteiger partial charge in [0.25, 0.3) is 0 Å². The maximum Gasteiger partial charge on any atom is 0.414 e. The van der Waals surface area contributed by atoms with Gasteiger partial charge in [-0.3, -0.25) is 0 Å². The number of carboxylic acid groups (broad SMARTS) is 2. The average molecular weight is 191 g/mol. The van der Waals surface area contributed by atoms with Crippen LogP contribution < -0.4 is 0 Å². The number of hydrogen-bond acceptors (Lipinski definition) is 2. The Balaban J connectivity index is 0. The fraction of sp³-hybridized carbons (Fsp3) is 0. The molecule has 0 aromatic heterocycles. The van der Waals surface area contributed by atoms with Crippen molar-refractivity contribution in [2.75, 3.05) is 0 Å². The molecule has 0 unspecified atom stereocenters. The van der Waals surface area contributed by atoms with Crippen LogP contribution in [-0.2, 0) is 29.1 Å². The third-order valence-corrected chi connectivity index (χ3v) is 0.183. The molecule has 0 saturated heterocycles. The Morgan fingerprint density at radius 3 is 1.14 bits per heavy atom. The number of hydrogen-bond donors (Lipinski definition) is 2. The smallest absolute Gasteiger partial charge is 0.414 e. The van der Waals surface area contributed by atoms with Crippen LogP contribution in [0.15, 0.2) is 0 Å². The Morgan fingerprint density at radius 2 is 1.14 bits per heavy atom. The van der Waals surface area contributed by atoms with Gasteiger partial charge in [-0.25, -0.2) is 9.59 Å². The molecule has 0 aliphatic heterocycles. The van der Waals surface area contributed by atoms with E-state index in [0.29, 0.717) is 0 Å². The summed E-state index contributed by atoms with van der Waals surface area (Å²) in [5.74, 6) is -3.65. The molecule has 42 valence electrons. The normalized spacial score (nSPS) is 6.29. The minimum absolute atomic E-state index is 0. The van der Waals surface area contributed by atoms with Gasteiger partial charge in [-0.15, -0.1) is 0 Å². The summed E-state index contributed by atoms with van der Waals surface area (Å²) in [4.78, 5) is 18.2. The van der Waals surface area contributed by atoms with Crippen molar-refractivity contribution in [3.8, 4) is 0 Å². The van der Waals surface area contributed by atoms with Crippen LogP contribution in [0.2, 0.25) is 0 Å². The molecule has 0 rings (SSSR count). The minimum Gasteiger partial charge on any atom is -0.473 e. The van der Waals surface area contributed by atoms with Crippen molar-refractivity contribution in [2.24, 2.45) is 0 Å². The number of rotatable bonds is 0. The molecule has 0 amide bonds. The van der Waals surface area contributed by atoms with Crippen LogP contribution in [0, 0.1) is 0 Å². The molecule has 0 heterocycles. The van der Waals surface area contributed by atoms with Gasteiger partial charge >= 0.3 is 11.9 Å². The van der Waals surface area contributed by atoms with Crippen molar-refractivity contribution >= 4 is 11.9 Å². The van der Waals surface area contributed by atoms with Gasteiger partial charge in [-0.05, 0) is 0 Å². The zero-order chi connectivity index (χ0) is 5.15. The first-order chi connectivity index (χ1) is 2.64. The Hall–Kier alpha value is -0.437. The fourth-order valence-electron chi connectivity index (χ4n) is 0. The SMILES string of the molecule is O=C(O)C(=O)O.[Ru]. The summed E-state index contributed by atoms with van der Waals surface area (Å²) in [7, 11) is 0. The summed E-state index contributed by atoms with van der Waals surface area (Å²) in [6.45, 7) is 0. The van der Waals surface area contributed by atoms with Crippen LogP contribution >= 0.6 is 0 Å². The predicted octanol–water partition coefficient (Wildman–Crippen LogP) is -0.847. The van der Waals surface area contributed by atoms with Crippen molar-refractivity contribution in [3.05, 3.63) is 0 Å². The zero-order valence-electron chi connectivity index (χ0n) is 3.06. The van der Waals surface area contributed by atoms with Crippen molar-refractivity contribution in [2.45, 2.75) is 0 Å². The van der Waals surface area contributed by atoms with E-state index >= 15 is 0 Å². The summed E-state index contributed by atoms with van der Waals surface area (Å²) >= 11 is 0. The fourth-order valence-corrected chi connectivity index (χ4v) is 0. The van der Waals surface area contributed by atoms with Crippen LogP contribution in [0.3, 0.4) is 0 Å². The first kappa shape index (κ1) is 9.76. The molecule has 0 bridgehead atoms. The predicted molar refractivity (Wildman–Crippen MR) is 15.3 cm³/mol. The second kappa shape index (κ2) is 3.74. The Bertz CT molecular complexity index is 75.7. The third-order valence-electron chi connectivity index (χ3n) is 0.183. The van der Waals surface area contributed by atoms with Crippen LogP contribution in [0.1, 0.15) is 0 Å². The van der Waals surface area contributed by atoms with Gasteiger partial charge in [0.2, 0.25) is 0 Å². The van der Waals surface area contributed by atoms with E-state index in [4.69, 9.17) is 19.8 Å². The topological polar surface area (TPSA) is 74.6 Å². The van der Waals surface area contributed by atoms with Gasteiger partial charge in [0.05, 0.1) is 0 Å². The third kappa shape index (κ3) is 5.56. The zero-order valence-corrected chi connectivity index (χ0v) is 4.80. The molecule has 0 aromatic carbocycles. The van der Waals surface area contributed by atoms with Crippen LogP contribution in [-0.4, -0.2) is 22.2 Å². The van der Waals surface area contributed by atoms with E-state index in [2.05, 4.69) is 0 Å². The molecule has 0 saturated carbocycles. The van der Waals surface area contributed by atoms with Crippen LogP contribution in [0.25, 0.3) is 0 Å². The monoisotopic (exact) mass is 192 g/mol. The molecule has 0 aromatic rings. The molecule has 5 heteroatoms. The van der Waals surface area contributed by atoms with Crippen molar-refractivity contribution in [1.29, 1.82) is 0 Å². The minimum atomic E-state index is -1.82. The molecular weight excluding hydrogens is 189 g/mol. The van der Waals surface area contributed by atoms with E-state index in [9.17, 15) is 0 Å². The molecular formula is C2H2O4Ru. The quantitative estimate of drug-likeness (QED) is 0.386. The molecule has 0 radical (unpaired) electrons. The number of carbonyl (C=O) groups is 2. The van der Waals surface area contributed by atoms with E-state index in [1.54, 1.807) is 0 Å². The molecule has 7 heavy (non-hydrogen) atoms. The van der Waals surface area contributed by atoms with Gasteiger partial charge in [-0.1, -0.05) is 0 Å². The first-order valence-electron chi connectivity index (χ1n) is 1.11. The molecule has 0 spiro atoms. The molecule has 0 aliphatic carbocycles. The van der Waals surface area contributed by atoms with Crippen molar-refractivity contribution in [1.82, 2.24) is 0 Å². The summed E-state index contributed by atoms with van der Waals surface area (Å²) in [6, 6.07) is 0. The maximum absolute atomic E-state index is 9.10.